The van der Waals surface area contributed by atoms with E-state index in [4.69, 9.17) is 0 Å². The van der Waals surface area contributed by atoms with Gasteiger partial charge in [-0.05, 0) is 35.9 Å². The summed E-state index contributed by atoms with van der Waals surface area (Å²) >= 11 is 0. The molecule has 0 atom stereocenters. The predicted octanol–water partition coefficient (Wildman–Crippen LogP) is 1.89. The van der Waals surface area contributed by atoms with E-state index in [1.54, 1.807) is 52.5 Å². The second-order valence-electron chi connectivity index (χ2n) is 6.59. The molecule has 0 spiro atoms. The zero-order chi connectivity index (χ0) is 19.5. The fourth-order valence-corrected chi connectivity index (χ4v) is 3.22. The van der Waals surface area contributed by atoms with Gasteiger partial charge in [0.1, 0.15) is 25.0 Å². The quantitative estimate of drug-likeness (QED) is 0.694. The van der Waals surface area contributed by atoms with Crippen molar-refractivity contribution in [3.8, 4) is 5.69 Å². The van der Waals surface area contributed by atoms with Crippen LogP contribution in [0.2, 0.25) is 0 Å². The normalized spacial score (nSPS) is 14.4. The number of nitrogens with zero attached hydrogens (tertiary/aromatic N) is 5. The number of aromatic nitrogens is 3. The Hall–Kier alpha value is -3.55. The summed E-state index contributed by atoms with van der Waals surface area (Å²) in [6.07, 6.45) is 3.11. The topological polar surface area (TPSA) is 71.3 Å². The van der Waals surface area contributed by atoms with Crippen LogP contribution in [0, 0.1) is 5.82 Å². The zero-order valence-corrected chi connectivity index (χ0v) is 15.0. The molecule has 7 nitrogen and oxygen atoms in total. The lowest BCUT2D eigenvalue weighted by Gasteiger charge is -2.34. The summed E-state index contributed by atoms with van der Waals surface area (Å²) in [5, 5.41) is 7.53. The molecule has 0 bridgehead atoms. The Labute approximate surface area is 161 Å². The molecule has 1 aliphatic rings. The average molecular weight is 379 g/mol. The van der Waals surface area contributed by atoms with E-state index >= 15 is 0 Å². The van der Waals surface area contributed by atoms with Crippen LogP contribution < -0.4 is 0 Å². The number of hydrogen-bond donors (Lipinski definition) is 0. The maximum atomic E-state index is 13.3. The summed E-state index contributed by atoms with van der Waals surface area (Å²) in [5.74, 6) is -0.681. The van der Waals surface area contributed by atoms with E-state index in [0.717, 1.165) is 11.3 Å². The zero-order valence-electron chi connectivity index (χ0n) is 15.0. The van der Waals surface area contributed by atoms with Crippen LogP contribution in [0.4, 0.5) is 4.39 Å². The van der Waals surface area contributed by atoms with Crippen molar-refractivity contribution in [1.82, 2.24) is 24.6 Å². The van der Waals surface area contributed by atoms with Crippen molar-refractivity contribution >= 4 is 11.8 Å². The van der Waals surface area contributed by atoms with Crippen LogP contribution in [0.25, 0.3) is 5.69 Å². The minimum atomic E-state index is -0.327. The first-order valence-corrected chi connectivity index (χ1v) is 8.87. The van der Waals surface area contributed by atoms with E-state index in [2.05, 4.69) is 10.2 Å². The van der Waals surface area contributed by atoms with E-state index in [0.29, 0.717) is 25.2 Å². The van der Waals surface area contributed by atoms with Crippen LogP contribution in [-0.2, 0) is 11.3 Å². The summed E-state index contributed by atoms with van der Waals surface area (Å²) < 4.78 is 15.0. The SMILES string of the molecule is O=C1CN(C(=O)c2cccc(-n3cnnc3)c2)CCN1Cc1cccc(F)c1. The molecule has 1 aromatic heterocycles. The molecule has 28 heavy (non-hydrogen) atoms. The van der Waals surface area contributed by atoms with Gasteiger partial charge in [-0.2, -0.15) is 0 Å². The summed E-state index contributed by atoms with van der Waals surface area (Å²) in [4.78, 5) is 28.5. The number of hydrogen-bond acceptors (Lipinski definition) is 4. The van der Waals surface area contributed by atoms with Gasteiger partial charge >= 0.3 is 0 Å². The van der Waals surface area contributed by atoms with E-state index in [1.165, 1.54) is 17.0 Å². The molecule has 1 saturated heterocycles. The smallest absolute Gasteiger partial charge is 0.254 e. The highest BCUT2D eigenvalue weighted by Gasteiger charge is 2.28. The molecular formula is C20H18FN5O2. The van der Waals surface area contributed by atoms with E-state index < -0.39 is 0 Å². The van der Waals surface area contributed by atoms with Crippen LogP contribution in [0.15, 0.2) is 61.2 Å². The number of amides is 2. The molecule has 8 heteroatoms. The van der Waals surface area contributed by atoms with Crippen LogP contribution in [-0.4, -0.2) is 56.0 Å². The second kappa shape index (κ2) is 7.59. The van der Waals surface area contributed by atoms with Crippen molar-refractivity contribution in [3.63, 3.8) is 0 Å². The van der Waals surface area contributed by atoms with Gasteiger partial charge in [-0.15, -0.1) is 10.2 Å². The molecule has 0 saturated carbocycles. The Balaban J connectivity index is 1.43. The number of piperazine rings is 1. The molecular weight excluding hydrogens is 361 g/mol. The largest absolute Gasteiger partial charge is 0.335 e. The van der Waals surface area contributed by atoms with Gasteiger partial charge in [0.15, 0.2) is 0 Å². The summed E-state index contributed by atoms with van der Waals surface area (Å²) in [6.45, 7) is 1.18. The minimum absolute atomic E-state index is 0.00497. The molecule has 1 fully saturated rings. The average Bonchev–Trinajstić information content (AvgIpc) is 3.24. The van der Waals surface area contributed by atoms with Gasteiger partial charge in [-0.25, -0.2) is 4.39 Å². The minimum Gasteiger partial charge on any atom is -0.335 e. The summed E-state index contributed by atoms with van der Waals surface area (Å²) in [6, 6.07) is 13.3. The Bertz CT molecular complexity index is 1010. The number of carbonyl (C=O) groups excluding carboxylic acids is 2. The first-order valence-electron chi connectivity index (χ1n) is 8.87. The van der Waals surface area contributed by atoms with Gasteiger partial charge in [0, 0.05) is 30.9 Å². The number of halogens is 1. The molecule has 2 heterocycles. The first-order chi connectivity index (χ1) is 13.6. The Morgan fingerprint density at radius 2 is 1.82 bits per heavy atom. The fraction of sp³-hybridized carbons (Fsp3) is 0.200. The number of rotatable bonds is 4. The third-order valence-corrected chi connectivity index (χ3v) is 4.68. The van der Waals surface area contributed by atoms with Gasteiger partial charge in [0.25, 0.3) is 5.91 Å². The van der Waals surface area contributed by atoms with E-state index in [1.807, 2.05) is 6.07 Å². The standard InChI is InChI=1S/C20H18FN5O2/c21-17-5-1-3-15(9-17)11-24-7-8-25(12-19(24)27)20(28)16-4-2-6-18(10-16)26-13-22-23-14-26/h1-6,9-10,13-14H,7-8,11-12H2. The van der Waals surface area contributed by atoms with Crippen LogP contribution >= 0.6 is 0 Å². The summed E-state index contributed by atoms with van der Waals surface area (Å²) in [7, 11) is 0. The van der Waals surface area contributed by atoms with Crippen molar-refractivity contribution in [1.29, 1.82) is 0 Å². The van der Waals surface area contributed by atoms with Crippen molar-refractivity contribution in [2.45, 2.75) is 6.54 Å². The second-order valence-corrected chi connectivity index (χ2v) is 6.59. The van der Waals surface area contributed by atoms with Gasteiger partial charge in [-0.1, -0.05) is 18.2 Å². The molecule has 3 aromatic rings. The number of benzene rings is 2. The highest BCUT2D eigenvalue weighted by Crippen LogP contribution is 2.16. The maximum absolute atomic E-state index is 13.3. The molecule has 2 aromatic carbocycles. The molecule has 0 N–H and O–H groups in total. The van der Waals surface area contributed by atoms with Gasteiger partial charge in [0.05, 0.1) is 0 Å². The maximum Gasteiger partial charge on any atom is 0.254 e. The molecule has 142 valence electrons. The lowest BCUT2D eigenvalue weighted by Crippen LogP contribution is -2.51. The van der Waals surface area contributed by atoms with Crippen molar-refractivity contribution in [2.24, 2.45) is 0 Å². The van der Waals surface area contributed by atoms with Crippen LogP contribution in [0.3, 0.4) is 0 Å². The van der Waals surface area contributed by atoms with E-state index in [-0.39, 0.29) is 24.2 Å². The summed E-state index contributed by atoms with van der Waals surface area (Å²) in [5.41, 5.74) is 2.00. The Morgan fingerprint density at radius 3 is 2.57 bits per heavy atom. The van der Waals surface area contributed by atoms with Gasteiger partial charge in [0.2, 0.25) is 5.91 Å². The van der Waals surface area contributed by atoms with Gasteiger partial charge < -0.3 is 9.80 Å². The van der Waals surface area contributed by atoms with Crippen LogP contribution in [0.5, 0.6) is 0 Å². The van der Waals surface area contributed by atoms with Gasteiger partial charge in [-0.3, -0.25) is 14.2 Å². The third kappa shape index (κ3) is 3.75. The Morgan fingerprint density at radius 1 is 1.04 bits per heavy atom. The lowest BCUT2D eigenvalue weighted by molar-refractivity contribution is -0.135. The Kier molecular flexibility index (Phi) is 4.84. The molecule has 4 rings (SSSR count). The first kappa shape index (κ1) is 17.8. The van der Waals surface area contributed by atoms with E-state index in [9.17, 15) is 14.0 Å². The molecule has 0 radical (unpaired) electrons. The van der Waals surface area contributed by atoms with Crippen molar-refractivity contribution < 1.29 is 14.0 Å². The van der Waals surface area contributed by atoms with Crippen molar-refractivity contribution in [2.75, 3.05) is 19.6 Å². The monoisotopic (exact) mass is 379 g/mol. The molecule has 1 aliphatic heterocycles. The molecule has 2 amide bonds. The number of carbonyl (C=O) groups is 2. The highest BCUT2D eigenvalue weighted by molar-refractivity contribution is 5.97. The van der Waals surface area contributed by atoms with Crippen molar-refractivity contribution in [3.05, 3.63) is 78.1 Å². The lowest BCUT2D eigenvalue weighted by atomic mass is 10.1. The molecule has 0 unspecified atom stereocenters. The third-order valence-electron chi connectivity index (χ3n) is 4.68. The van der Waals surface area contributed by atoms with Crippen LogP contribution in [0.1, 0.15) is 15.9 Å². The highest BCUT2D eigenvalue weighted by atomic mass is 19.1. The predicted molar refractivity (Wildman–Crippen MR) is 99.1 cm³/mol. The molecule has 0 aliphatic carbocycles. The fourth-order valence-electron chi connectivity index (χ4n) is 3.22.